The van der Waals surface area contributed by atoms with Crippen LogP contribution in [0.3, 0.4) is 0 Å². The van der Waals surface area contributed by atoms with Crippen molar-refractivity contribution in [2.24, 2.45) is 5.92 Å². The molecule has 0 aliphatic carbocycles. The highest BCUT2D eigenvalue weighted by Crippen LogP contribution is 2.40. The van der Waals surface area contributed by atoms with Crippen LogP contribution in [0.2, 0.25) is 0 Å². The van der Waals surface area contributed by atoms with Gasteiger partial charge in [-0.2, -0.15) is 0 Å². The van der Waals surface area contributed by atoms with Crippen LogP contribution in [-0.2, 0) is 4.74 Å². The van der Waals surface area contributed by atoms with Crippen molar-refractivity contribution in [3.05, 3.63) is 40.8 Å². The van der Waals surface area contributed by atoms with Gasteiger partial charge in [0.25, 0.3) is 5.91 Å². The molecule has 0 bridgehead atoms. The lowest BCUT2D eigenvalue weighted by Gasteiger charge is -2.34. The van der Waals surface area contributed by atoms with Gasteiger partial charge in [0.05, 0.1) is 17.5 Å². The molecule has 2 fully saturated rings. The van der Waals surface area contributed by atoms with Gasteiger partial charge in [0, 0.05) is 19.3 Å². The highest BCUT2D eigenvalue weighted by Gasteiger charge is 2.41. The first-order valence-electron chi connectivity index (χ1n) is 8.70. The number of piperidine rings is 1. The predicted octanol–water partition coefficient (Wildman–Crippen LogP) is 2.38. The van der Waals surface area contributed by atoms with Gasteiger partial charge in [-0.25, -0.2) is 9.97 Å². The number of fused-ring (bicyclic) bond motifs is 1. The summed E-state index contributed by atoms with van der Waals surface area (Å²) in [5.41, 5.74) is 2.16. The number of hydrogen-bond acceptors (Lipinski definition) is 6. The molecule has 1 amide bonds. The molecule has 7 heteroatoms. The molecule has 0 saturated carbocycles. The lowest BCUT2D eigenvalue weighted by Crippen LogP contribution is -2.45. The molecule has 0 spiro atoms. The Morgan fingerprint density at radius 1 is 1.32 bits per heavy atom. The number of ether oxygens (including phenoxy) is 1. The van der Waals surface area contributed by atoms with Crippen LogP contribution in [0.25, 0.3) is 0 Å². The van der Waals surface area contributed by atoms with Crippen LogP contribution in [0.1, 0.15) is 52.3 Å². The van der Waals surface area contributed by atoms with Gasteiger partial charge >= 0.3 is 0 Å². The van der Waals surface area contributed by atoms with Crippen LogP contribution >= 0.6 is 0 Å². The smallest absolute Gasteiger partial charge is 0.259 e. The quantitative estimate of drug-likeness (QED) is 0.833. The summed E-state index contributed by atoms with van der Waals surface area (Å²) in [6, 6.07) is 1.92. The van der Waals surface area contributed by atoms with E-state index in [-0.39, 0.29) is 18.1 Å². The molecule has 3 atom stereocenters. The average molecular weight is 342 g/mol. The first kappa shape index (κ1) is 16.2. The van der Waals surface area contributed by atoms with E-state index in [1.165, 1.54) is 0 Å². The molecule has 7 nitrogen and oxygen atoms in total. The lowest BCUT2D eigenvalue weighted by atomic mass is 9.91. The Balaban J connectivity index is 1.48. The Morgan fingerprint density at radius 2 is 2.16 bits per heavy atom. The van der Waals surface area contributed by atoms with Crippen molar-refractivity contribution in [3.63, 3.8) is 0 Å². The normalized spacial score (nSPS) is 25.9. The van der Waals surface area contributed by atoms with E-state index in [1.54, 1.807) is 20.0 Å². The summed E-state index contributed by atoms with van der Waals surface area (Å²) < 4.78 is 11.4. The Morgan fingerprint density at radius 3 is 2.88 bits per heavy atom. The van der Waals surface area contributed by atoms with E-state index >= 15 is 0 Å². The summed E-state index contributed by atoms with van der Waals surface area (Å²) in [5.74, 6) is 1.78. The second-order valence-corrected chi connectivity index (χ2v) is 6.93. The Kier molecular flexibility index (Phi) is 4.03. The average Bonchev–Trinajstić information content (AvgIpc) is 3.17. The molecule has 4 heterocycles. The third kappa shape index (κ3) is 2.93. The van der Waals surface area contributed by atoms with Crippen LogP contribution in [0, 0.1) is 26.7 Å². The topological polar surface area (TPSA) is 81.4 Å². The number of aromatic nitrogens is 3. The van der Waals surface area contributed by atoms with Crippen LogP contribution in [0.4, 0.5) is 0 Å². The molecule has 132 valence electrons. The second kappa shape index (κ2) is 6.22. The molecule has 0 N–H and O–H groups in total. The SMILES string of the molecule is Cc1nccc([C@@H]2C[C@@H]3CCN(C(=O)c4c(C)noc4C)C[C@H]3O2)n1. The van der Waals surface area contributed by atoms with E-state index in [0.717, 1.165) is 30.9 Å². The molecule has 0 unspecified atom stereocenters. The molecule has 2 aliphatic heterocycles. The molecule has 2 saturated heterocycles. The fourth-order valence-corrected chi connectivity index (χ4v) is 3.91. The zero-order valence-electron chi connectivity index (χ0n) is 14.7. The number of rotatable bonds is 2. The van der Waals surface area contributed by atoms with Crippen LogP contribution in [0.15, 0.2) is 16.8 Å². The monoisotopic (exact) mass is 342 g/mol. The Hall–Kier alpha value is -2.28. The Labute approximate surface area is 146 Å². The minimum Gasteiger partial charge on any atom is -0.367 e. The van der Waals surface area contributed by atoms with Crippen molar-refractivity contribution in [2.45, 2.75) is 45.8 Å². The fraction of sp³-hybridized carbons (Fsp3) is 0.556. The molecule has 2 aliphatic rings. The zero-order valence-corrected chi connectivity index (χ0v) is 14.7. The van der Waals surface area contributed by atoms with Gasteiger partial charge < -0.3 is 14.2 Å². The highest BCUT2D eigenvalue weighted by molar-refractivity contribution is 5.96. The van der Waals surface area contributed by atoms with Gasteiger partial charge in [-0.05, 0) is 45.6 Å². The third-order valence-corrected chi connectivity index (χ3v) is 5.21. The maximum Gasteiger partial charge on any atom is 0.259 e. The van der Waals surface area contributed by atoms with Gasteiger partial charge in [0.2, 0.25) is 0 Å². The Bertz CT molecular complexity index is 784. The molecular formula is C18H22N4O3. The molecule has 4 rings (SSSR count). The lowest BCUT2D eigenvalue weighted by molar-refractivity contribution is -0.00575. The minimum atomic E-state index is -0.0142. The maximum absolute atomic E-state index is 12.8. The molecule has 25 heavy (non-hydrogen) atoms. The van der Waals surface area contributed by atoms with E-state index in [1.807, 2.05) is 17.9 Å². The van der Waals surface area contributed by atoms with Crippen LogP contribution in [-0.4, -0.2) is 45.1 Å². The number of amides is 1. The summed E-state index contributed by atoms with van der Waals surface area (Å²) >= 11 is 0. The van der Waals surface area contributed by atoms with Crippen LogP contribution in [0.5, 0.6) is 0 Å². The molecule has 0 radical (unpaired) electrons. The number of likely N-dealkylation sites (tertiary alicyclic amines) is 1. The summed E-state index contributed by atoms with van der Waals surface area (Å²) in [6.07, 6.45) is 3.72. The third-order valence-electron chi connectivity index (χ3n) is 5.21. The largest absolute Gasteiger partial charge is 0.367 e. The minimum absolute atomic E-state index is 0.00850. The molecule has 2 aromatic heterocycles. The number of aryl methyl sites for hydroxylation is 3. The molecular weight excluding hydrogens is 320 g/mol. The number of nitrogens with zero attached hydrogens (tertiary/aromatic N) is 4. The van der Waals surface area contributed by atoms with Gasteiger partial charge in [-0.15, -0.1) is 0 Å². The first-order valence-corrected chi connectivity index (χ1v) is 8.70. The summed E-state index contributed by atoms with van der Waals surface area (Å²) in [5, 5.41) is 3.89. The fourth-order valence-electron chi connectivity index (χ4n) is 3.91. The summed E-state index contributed by atoms with van der Waals surface area (Å²) in [7, 11) is 0. The number of hydrogen-bond donors (Lipinski definition) is 0. The number of carbonyl (C=O) groups excluding carboxylic acids is 1. The van der Waals surface area contributed by atoms with E-state index < -0.39 is 0 Å². The maximum atomic E-state index is 12.8. The van der Waals surface area contributed by atoms with E-state index in [0.29, 0.717) is 29.5 Å². The molecule has 0 aromatic carbocycles. The van der Waals surface area contributed by atoms with Crippen molar-refractivity contribution in [1.82, 2.24) is 20.0 Å². The van der Waals surface area contributed by atoms with Crippen LogP contribution < -0.4 is 0 Å². The first-order chi connectivity index (χ1) is 12.0. The van der Waals surface area contributed by atoms with Crippen molar-refractivity contribution in [3.8, 4) is 0 Å². The number of carbonyl (C=O) groups is 1. The van der Waals surface area contributed by atoms with Gasteiger partial charge in [-0.1, -0.05) is 5.16 Å². The second-order valence-electron chi connectivity index (χ2n) is 6.93. The standard InChI is InChI=1S/C18H22N4O3/c1-10-17(11(2)25-21-10)18(23)22-7-5-13-8-15(24-16(13)9-22)14-4-6-19-12(3)20-14/h4,6,13,15-16H,5,7-9H2,1-3H3/t13-,15-,16+/m0/s1. The van der Waals surface area contributed by atoms with Gasteiger partial charge in [0.1, 0.15) is 23.3 Å². The highest BCUT2D eigenvalue weighted by atomic mass is 16.5. The van der Waals surface area contributed by atoms with E-state index in [4.69, 9.17) is 9.26 Å². The van der Waals surface area contributed by atoms with Crippen molar-refractivity contribution in [1.29, 1.82) is 0 Å². The van der Waals surface area contributed by atoms with Gasteiger partial charge in [0.15, 0.2) is 0 Å². The predicted molar refractivity (Wildman–Crippen MR) is 89.0 cm³/mol. The van der Waals surface area contributed by atoms with Crippen molar-refractivity contribution < 1.29 is 14.1 Å². The summed E-state index contributed by atoms with van der Waals surface area (Å²) in [4.78, 5) is 23.3. The van der Waals surface area contributed by atoms with Crippen molar-refractivity contribution >= 4 is 5.91 Å². The van der Waals surface area contributed by atoms with Gasteiger partial charge in [-0.3, -0.25) is 4.79 Å². The molecule has 2 aromatic rings. The van der Waals surface area contributed by atoms with Crippen molar-refractivity contribution in [2.75, 3.05) is 13.1 Å². The van der Waals surface area contributed by atoms with E-state index in [2.05, 4.69) is 15.1 Å². The summed E-state index contributed by atoms with van der Waals surface area (Å²) in [6.45, 7) is 6.81. The van der Waals surface area contributed by atoms with E-state index in [9.17, 15) is 4.79 Å². The zero-order chi connectivity index (χ0) is 17.6.